The number of aryl methyl sites for hydroxylation is 2. The lowest BCUT2D eigenvalue weighted by atomic mass is 10.00. The van der Waals surface area contributed by atoms with E-state index in [0.29, 0.717) is 18.3 Å². The highest BCUT2D eigenvalue weighted by Gasteiger charge is 2.17. The summed E-state index contributed by atoms with van der Waals surface area (Å²) in [6.07, 6.45) is 7.01. The molecule has 0 radical (unpaired) electrons. The average molecular weight is 443 g/mol. The average Bonchev–Trinajstić information content (AvgIpc) is 3.58. The van der Waals surface area contributed by atoms with E-state index in [4.69, 9.17) is 0 Å². The summed E-state index contributed by atoms with van der Waals surface area (Å²) in [6.45, 7) is 2.46. The monoisotopic (exact) mass is 443 g/mol. The van der Waals surface area contributed by atoms with Gasteiger partial charge >= 0.3 is 5.69 Å². The second-order valence-corrected chi connectivity index (χ2v) is 7.56. The minimum Gasteiger partial charge on any atom is -0.291 e. The van der Waals surface area contributed by atoms with Crippen LogP contribution in [0.2, 0.25) is 0 Å². The molecule has 1 aromatic carbocycles. The lowest BCUT2D eigenvalue weighted by Gasteiger charge is -2.12. The van der Waals surface area contributed by atoms with Crippen molar-refractivity contribution in [3.05, 3.63) is 70.7 Å². The van der Waals surface area contributed by atoms with E-state index in [1.165, 1.54) is 9.25 Å². The third-order valence-corrected chi connectivity index (χ3v) is 5.41. The van der Waals surface area contributed by atoms with Gasteiger partial charge in [-0.15, -0.1) is 10.2 Å². The van der Waals surface area contributed by atoms with Crippen molar-refractivity contribution < 1.29 is 0 Å². The fourth-order valence-electron chi connectivity index (χ4n) is 3.81. The van der Waals surface area contributed by atoms with Gasteiger partial charge in [0, 0.05) is 36.9 Å². The molecule has 12 heteroatoms. The number of benzene rings is 1. The van der Waals surface area contributed by atoms with Gasteiger partial charge in [0.2, 0.25) is 5.82 Å². The normalized spacial score (nSPS) is 11.2. The van der Waals surface area contributed by atoms with Crippen molar-refractivity contribution >= 4 is 0 Å². The Hall–Kier alpha value is -4.48. The minimum absolute atomic E-state index is 0.196. The van der Waals surface area contributed by atoms with Gasteiger partial charge < -0.3 is 0 Å². The van der Waals surface area contributed by atoms with Crippen molar-refractivity contribution in [2.24, 2.45) is 7.05 Å². The predicted octanol–water partition coefficient (Wildman–Crippen LogP) is 1.41. The predicted molar refractivity (Wildman–Crippen MR) is 118 cm³/mol. The topological polar surface area (TPSA) is 138 Å². The summed E-state index contributed by atoms with van der Waals surface area (Å²) in [7, 11) is 1.70. The highest BCUT2D eigenvalue weighted by Crippen LogP contribution is 2.26. The molecule has 0 saturated heterocycles. The molecule has 4 aromatic heterocycles. The number of nitrogens with zero attached hydrogens (tertiary/aromatic N) is 10. The largest absolute Gasteiger partial charge is 0.335 e. The SMILES string of the molecule is CCCc1cn(-c2nnnn2C)c(=O)n1Cc1cnccc1-c1ccc(-c2nn[nH]n2)cc1. The summed E-state index contributed by atoms with van der Waals surface area (Å²) in [5.74, 6) is 0.909. The Morgan fingerprint density at radius 3 is 2.58 bits per heavy atom. The van der Waals surface area contributed by atoms with Gasteiger partial charge in [-0.25, -0.2) is 14.0 Å². The van der Waals surface area contributed by atoms with E-state index in [1.54, 1.807) is 24.0 Å². The molecule has 0 spiro atoms. The van der Waals surface area contributed by atoms with Crippen LogP contribution in [0.5, 0.6) is 0 Å². The molecule has 12 nitrogen and oxygen atoms in total. The van der Waals surface area contributed by atoms with E-state index in [0.717, 1.165) is 40.8 Å². The summed E-state index contributed by atoms with van der Waals surface area (Å²) >= 11 is 0. The van der Waals surface area contributed by atoms with Gasteiger partial charge in [0.25, 0.3) is 5.95 Å². The second kappa shape index (κ2) is 8.57. The second-order valence-electron chi connectivity index (χ2n) is 7.56. The van der Waals surface area contributed by atoms with Gasteiger partial charge in [-0.3, -0.25) is 9.55 Å². The first-order valence-electron chi connectivity index (χ1n) is 10.5. The molecule has 4 heterocycles. The lowest BCUT2D eigenvalue weighted by molar-refractivity contribution is 0.664. The maximum absolute atomic E-state index is 13.3. The summed E-state index contributed by atoms with van der Waals surface area (Å²) in [4.78, 5) is 17.6. The van der Waals surface area contributed by atoms with Crippen LogP contribution < -0.4 is 5.69 Å². The van der Waals surface area contributed by atoms with E-state index < -0.39 is 0 Å². The van der Waals surface area contributed by atoms with Gasteiger partial charge in [0.05, 0.1) is 6.54 Å². The van der Waals surface area contributed by atoms with Crippen LogP contribution in [0.25, 0.3) is 28.5 Å². The molecule has 0 saturated carbocycles. The van der Waals surface area contributed by atoms with Crippen molar-refractivity contribution in [3.8, 4) is 28.5 Å². The maximum atomic E-state index is 13.3. The molecule has 0 aliphatic heterocycles. The first kappa shape index (κ1) is 20.4. The number of H-pyrrole nitrogens is 1. The fourth-order valence-corrected chi connectivity index (χ4v) is 3.81. The molecule has 0 unspecified atom stereocenters. The van der Waals surface area contributed by atoms with Crippen LogP contribution >= 0.6 is 0 Å². The van der Waals surface area contributed by atoms with Crippen molar-refractivity contribution in [2.45, 2.75) is 26.3 Å². The molecule has 0 fully saturated rings. The van der Waals surface area contributed by atoms with Crippen LogP contribution in [0.3, 0.4) is 0 Å². The van der Waals surface area contributed by atoms with Crippen LogP contribution in [-0.2, 0) is 20.0 Å². The number of aromatic amines is 1. The number of hydrogen-bond donors (Lipinski definition) is 1. The molecular formula is C21H21N11O. The standard InChI is InChI=1S/C21H21N11O/c1-3-4-17-13-32(20-25-28-29-30(20)2)21(33)31(17)12-16-11-22-10-9-18(16)14-5-7-15(8-6-14)19-23-26-27-24-19/h5-11,13H,3-4,12H2,1-2H3,(H,23,24,26,27). The number of aromatic nitrogens is 11. The zero-order valence-electron chi connectivity index (χ0n) is 18.1. The fraction of sp³-hybridized carbons (Fsp3) is 0.238. The Kier molecular flexibility index (Phi) is 5.30. The molecule has 5 aromatic rings. The number of imidazole rings is 1. The number of nitrogens with one attached hydrogen (secondary N) is 1. The highest BCUT2D eigenvalue weighted by molar-refractivity contribution is 5.69. The lowest BCUT2D eigenvalue weighted by Crippen LogP contribution is -2.26. The Balaban J connectivity index is 1.53. The molecule has 0 aliphatic rings. The zero-order chi connectivity index (χ0) is 22.8. The Bertz CT molecular complexity index is 1430. The summed E-state index contributed by atoms with van der Waals surface area (Å²) < 4.78 is 4.72. The number of hydrogen-bond acceptors (Lipinski definition) is 8. The van der Waals surface area contributed by atoms with Crippen LogP contribution in [0.4, 0.5) is 0 Å². The smallest absolute Gasteiger partial charge is 0.291 e. The van der Waals surface area contributed by atoms with Gasteiger partial charge in [0.15, 0.2) is 0 Å². The zero-order valence-corrected chi connectivity index (χ0v) is 18.1. The van der Waals surface area contributed by atoms with Gasteiger partial charge in [0.1, 0.15) is 0 Å². The van der Waals surface area contributed by atoms with Crippen LogP contribution in [0.15, 0.2) is 53.7 Å². The van der Waals surface area contributed by atoms with Crippen molar-refractivity contribution in [1.29, 1.82) is 0 Å². The van der Waals surface area contributed by atoms with Crippen molar-refractivity contribution in [2.75, 3.05) is 0 Å². The highest BCUT2D eigenvalue weighted by atomic mass is 16.2. The molecule has 0 amide bonds. The quantitative estimate of drug-likeness (QED) is 0.398. The van der Waals surface area contributed by atoms with Crippen LogP contribution in [0.1, 0.15) is 24.6 Å². The summed E-state index contributed by atoms with van der Waals surface area (Å²) in [6, 6.07) is 9.83. The summed E-state index contributed by atoms with van der Waals surface area (Å²) in [5, 5.41) is 25.6. The molecule has 5 rings (SSSR count). The van der Waals surface area contributed by atoms with E-state index in [-0.39, 0.29) is 5.69 Å². The number of rotatable bonds is 7. The molecular weight excluding hydrogens is 422 g/mol. The number of tetrazole rings is 2. The number of pyridine rings is 1. The van der Waals surface area contributed by atoms with Gasteiger partial charge in [-0.1, -0.05) is 42.7 Å². The van der Waals surface area contributed by atoms with Crippen molar-refractivity contribution in [1.82, 2.24) is 54.9 Å². The first-order valence-corrected chi connectivity index (χ1v) is 10.5. The molecule has 33 heavy (non-hydrogen) atoms. The third kappa shape index (κ3) is 3.82. The third-order valence-electron chi connectivity index (χ3n) is 5.41. The first-order chi connectivity index (χ1) is 16.2. The van der Waals surface area contributed by atoms with E-state index >= 15 is 0 Å². The van der Waals surface area contributed by atoms with Gasteiger partial charge in [-0.2, -0.15) is 5.21 Å². The van der Waals surface area contributed by atoms with E-state index in [2.05, 4.69) is 48.1 Å². The van der Waals surface area contributed by atoms with E-state index in [1.807, 2.05) is 36.5 Å². The minimum atomic E-state index is -0.196. The molecule has 1 N–H and O–H groups in total. The summed E-state index contributed by atoms with van der Waals surface area (Å²) in [5.41, 5.74) is 4.50. The van der Waals surface area contributed by atoms with Crippen LogP contribution in [0, 0.1) is 0 Å². The molecule has 0 aliphatic carbocycles. The van der Waals surface area contributed by atoms with Crippen molar-refractivity contribution in [3.63, 3.8) is 0 Å². The molecule has 166 valence electrons. The maximum Gasteiger partial charge on any atom is 0.335 e. The molecule has 0 bridgehead atoms. The Labute approximate surface area is 187 Å². The van der Waals surface area contributed by atoms with Gasteiger partial charge in [-0.05, 0) is 44.8 Å². The van der Waals surface area contributed by atoms with Crippen LogP contribution in [-0.4, -0.2) is 54.9 Å². The Morgan fingerprint density at radius 2 is 1.88 bits per heavy atom. The molecule has 0 atom stereocenters. The Morgan fingerprint density at radius 1 is 1.06 bits per heavy atom. The van der Waals surface area contributed by atoms with E-state index in [9.17, 15) is 4.79 Å².